The van der Waals surface area contributed by atoms with Gasteiger partial charge in [-0.25, -0.2) is 0 Å². The molecule has 0 atom stereocenters. The molecule has 11 heavy (non-hydrogen) atoms. The van der Waals surface area contributed by atoms with E-state index in [0.29, 0.717) is 10.5 Å². The molecule has 0 saturated heterocycles. The van der Waals surface area contributed by atoms with E-state index in [1.54, 1.807) is 19.2 Å². The van der Waals surface area contributed by atoms with Crippen molar-refractivity contribution in [1.29, 1.82) is 0 Å². The summed E-state index contributed by atoms with van der Waals surface area (Å²) in [5.41, 5.74) is 1.37. The number of aromatic nitrogens is 1. The van der Waals surface area contributed by atoms with Gasteiger partial charge in [0.25, 0.3) is 0 Å². The highest BCUT2D eigenvalue weighted by molar-refractivity contribution is 8.10. The minimum absolute atomic E-state index is 0.551. The molecule has 0 unspecified atom stereocenters. The Kier molecular flexibility index (Phi) is 2.81. The number of halogens is 1. The number of hydrogen-bond donors (Lipinski definition) is 2. The van der Waals surface area contributed by atoms with Gasteiger partial charge < -0.3 is 5.02 Å². The van der Waals surface area contributed by atoms with E-state index in [0.717, 1.165) is 5.69 Å². The van der Waals surface area contributed by atoms with Gasteiger partial charge in [0, 0.05) is 6.20 Å². The van der Waals surface area contributed by atoms with Crippen molar-refractivity contribution in [2.24, 2.45) is 0 Å². The lowest BCUT2D eigenvalue weighted by molar-refractivity contribution is 0.609. The van der Waals surface area contributed by atoms with E-state index >= 15 is 0 Å². The van der Waals surface area contributed by atoms with Crippen LogP contribution in [0.15, 0.2) is 12.3 Å². The maximum Gasteiger partial charge on any atom is 0.392 e. The fourth-order valence-electron chi connectivity index (χ4n) is 0.662. The van der Waals surface area contributed by atoms with Crippen LogP contribution >= 0.6 is 24.1 Å². The molecule has 0 aromatic carbocycles. The molecule has 2 nitrogen and oxygen atoms in total. The minimum Gasteiger partial charge on any atom is -0.438 e. The predicted molar refractivity (Wildman–Crippen MR) is 50.6 cm³/mol. The second kappa shape index (κ2) is 3.47. The molecular formula is C6H7BClNOS. The van der Waals surface area contributed by atoms with Gasteiger partial charge in [-0.3, -0.25) is 4.98 Å². The van der Waals surface area contributed by atoms with Crippen molar-refractivity contribution in [3.8, 4) is 0 Å². The molecule has 0 aliphatic heterocycles. The number of aryl methyl sites for hydroxylation is 1. The lowest BCUT2D eigenvalue weighted by Gasteiger charge is -2.01. The van der Waals surface area contributed by atoms with E-state index in [-0.39, 0.29) is 0 Å². The van der Waals surface area contributed by atoms with Crippen LogP contribution in [0.4, 0.5) is 0 Å². The predicted octanol–water partition coefficient (Wildman–Crippen LogP) is 0.661. The van der Waals surface area contributed by atoms with Gasteiger partial charge in [-0.05, 0) is 18.5 Å². The summed E-state index contributed by atoms with van der Waals surface area (Å²) in [6.45, 7) is 1.80. The minimum atomic E-state index is -0.805. The summed E-state index contributed by atoms with van der Waals surface area (Å²) in [4.78, 5) is 3.96. The molecule has 1 rings (SSSR count). The van der Waals surface area contributed by atoms with E-state index in [4.69, 9.17) is 16.6 Å². The van der Waals surface area contributed by atoms with Crippen LogP contribution in [-0.4, -0.2) is 16.2 Å². The van der Waals surface area contributed by atoms with Crippen molar-refractivity contribution in [1.82, 2.24) is 4.98 Å². The number of nitrogens with zero attached hydrogens (tertiary/aromatic N) is 1. The lowest BCUT2D eigenvalue weighted by Crippen LogP contribution is -2.24. The largest absolute Gasteiger partial charge is 0.438 e. The third-order valence-electron chi connectivity index (χ3n) is 1.34. The van der Waals surface area contributed by atoms with Crippen LogP contribution in [0, 0.1) is 6.92 Å². The number of rotatable bonds is 1. The van der Waals surface area contributed by atoms with Crippen LogP contribution in [0.5, 0.6) is 0 Å². The molecule has 0 radical (unpaired) electrons. The van der Waals surface area contributed by atoms with E-state index < -0.39 is 6.19 Å². The zero-order valence-electron chi connectivity index (χ0n) is 5.95. The summed E-state index contributed by atoms with van der Waals surface area (Å²) in [6, 6.07) is 1.65. The van der Waals surface area contributed by atoms with Gasteiger partial charge >= 0.3 is 6.19 Å². The highest BCUT2D eigenvalue weighted by Crippen LogP contribution is 2.09. The van der Waals surface area contributed by atoms with Crippen LogP contribution in [0.2, 0.25) is 5.02 Å². The van der Waals surface area contributed by atoms with E-state index in [1.165, 1.54) is 0 Å². The van der Waals surface area contributed by atoms with Crippen LogP contribution < -0.4 is 5.46 Å². The Balaban J connectivity index is 3.05. The maximum absolute atomic E-state index is 9.00. The molecule has 1 aromatic heterocycles. The van der Waals surface area contributed by atoms with Gasteiger partial charge in [0.2, 0.25) is 0 Å². The Morgan fingerprint density at radius 1 is 1.73 bits per heavy atom. The molecule has 1 aromatic rings. The zero-order chi connectivity index (χ0) is 8.43. The van der Waals surface area contributed by atoms with E-state index in [9.17, 15) is 0 Å². The average Bonchev–Trinajstić information content (AvgIpc) is 1.94. The quantitative estimate of drug-likeness (QED) is 0.500. The molecule has 0 aliphatic carbocycles. The van der Waals surface area contributed by atoms with Crippen molar-refractivity contribution in [3.63, 3.8) is 0 Å². The van der Waals surface area contributed by atoms with Gasteiger partial charge in [0.1, 0.15) is 0 Å². The summed E-state index contributed by atoms with van der Waals surface area (Å²) in [5, 5.41) is 9.56. The van der Waals surface area contributed by atoms with Crippen LogP contribution in [0.25, 0.3) is 0 Å². The highest BCUT2D eigenvalue weighted by atomic mass is 35.5. The standard InChI is InChI=1S/C6H7BClNOS/c1-4-6(8)2-5(3-9-4)7(10)11/h2-3,10-11H,1H3. The average molecular weight is 187 g/mol. The molecule has 5 heteroatoms. The van der Waals surface area contributed by atoms with Crippen molar-refractivity contribution in [3.05, 3.63) is 23.0 Å². The second-order valence-electron chi connectivity index (χ2n) is 2.21. The smallest absolute Gasteiger partial charge is 0.392 e. The first-order valence-electron chi connectivity index (χ1n) is 3.09. The summed E-state index contributed by atoms with van der Waals surface area (Å²) in [6.07, 6.45) is 0.749. The number of hydrogen-bond acceptors (Lipinski definition) is 3. The van der Waals surface area contributed by atoms with Crippen LogP contribution in [-0.2, 0) is 0 Å². The molecule has 0 spiro atoms. The van der Waals surface area contributed by atoms with Crippen molar-refractivity contribution >= 4 is 35.7 Å². The highest BCUT2D eigenvalue weighted by Gasteiger charge is 2.09. The SMILES string of the molecule is Cc1ncc(B(O)S)cc1Cl. The first-order valence-corrected chi connectivity index (χ1v) is 3.99. The van der Waals surface area contributed by atoms with Crippen molar-refractivity contribution in [2.45, 2.75) is 6.92 Å². The van der Waals surface area contributed by atoms with Crippen LogP contribution in [0.1, 0.15) is 5.69 Å². The van der Waals surface area contributed by atoms with Gasteiger partial charge in [-0.15, -0.1) is 0 Å². The summed E-state index contributed by atoms with van der Waals surface area (Å²) in [7, 11) is 0. The third kappa shape index (κ3) is 2.12. The molecule has 1 heterocycles. The summed E-state index contributed by atoms with van der Waals surface area (Å²) in [5.74, 6) is 0. The molecule has 0 amide bonds. The summed E-state index contributed by atoms with van der Waals surface area (Å²) < 4.78 is 0. The topological polar surface area (TPSA) is 33.1 Å². The molecule has 1 N–H and O–H groups in total. The van der Waals surface area contributed by atoms with Gasteiger partial charge in [0.05, 0.1) is 10.7 Å². The Morgan fingerprint density at radius 3 is 2.82 bits per heavy atom. The molecule has 58 valence electrons. The number of pyridine rings is 1. The molecule has 0 bridgehead atoms. The molecule has 0 aliphatic rings. The first-order chi connectivity index (χ1) is 5.11. The zero-order valence-corrected chi connectivity index (χ0v) is 7.60. The summed E-state index contributed by atoms with van der Waals surface area (Å²) >= 11 is 9.58. The van der Waals surface area contributed by atoms with Gasteiger partial charge in [-0.2, -0.15) is 12.5 Å². The second-order valence-corrected chi connectivity index (χ2v) is 3.11. The monoisotopic (exact) mass is 187 g/mol. The normalized spacial score (nSPS) is 9.82. The van der Waals surface area contributed by atoms with Gasteiger partial charge in [-0.1, -0.05) is 11.6 Å². The molecular weight excluding hydrogens is 180 g/mol. The Morgan fingerprint density at radius 2 is 2.36 bits per heavy atom. The fourth-order valence-corrected chi connectivity index (χ4v) is 0.978. The Bertz CT molecular complexity index is 269. The third-order valence-corrected chi connectivity index (χ3v) is 2.03. The molecule has 0 saturated carbocycles. The van der Waals surface area contributed by atoms with Crippen molar-refractivity contribution < 1.29 is 5.02 Å². The van der Waals surface area contributed by atoms with Crippen LogP contribution in [0.3, 0.4) is 0 Å². The Labute approximate surface area is 76.0 Å². The molecule has 0 fully saturated rings. The Hall–Kier alpha value is -0.185. The maximum atomic E-state index is 9.00. The van der Waals surface area contributed by atoms with E-state index in [1.807, 2.05) is 0 Å². The first kappa shape index (κ1) is 8.91. The fraction of sp³-hybridized carbons (Fsp3) is 0.167. The number of thiol groups is 1. The lowest BCUT2D eigenvalue weighted by atomic mass is 9.88. The van der Waals surface area contributed by atoms with Crippen molar-refractivity contribution in [2.75, 3.05) is 0 Å². The van der Waals surface area contributed by atoms with Gasteiger partial charge in [0.15, 0.2) is 0 Å². The van der Waals surface area contributed by atoms with E-state index in [2.05, 4.69) is 17.5 Å².